The predicted octanol–water partition coefficient (Wildman–Crippen LogP) is 3.00. The lowest BCUT2D eigenvalue weighted by Gasteiger charge is -2.22. The summed E-state index contributed by atoms with van der Waals surface area (Å²) >= 11 is 1.72. The molecule has 2 unspecified atom stereocenters. The maximum Gasteiger partial charge on any atom is 0.241 e. The Bertz CT molecular complexity index is 389. The van der Waals surface area contributed by atoms with Gasteiger partial charge in [0.25, 0.3) is 0 Å². The number of hydrogen-bond donors (Lipinski definition) is 1. The summed E-state index contributed by atoms with van der Waals surface area (Å²) in [6, 6.07) is 4.14. The minimum Gasteiger partial charge on any atom is -0.321 e. The first kappa shape index (κ1) is 13.6. The summed E-state index contributed by atoms with van der Waals surface area (Å²) in [5, 5.41) is 5.57. The average molecular weight is 266 g/mol. The van der Waals surface area contributed by atoms with Crippen LogP contribution in [0.1, 0.15) is 44.7 Å². The Morgan fingerprint density at radius 2 is 2.28 bits per heavy atom. The summed E-state index contributed by atoms with van der Waals surface area (Å²) < 4.78 is 0. The molecule has 1 amide bonds. The van der Waals surface area contributed by atoms with E-state index in [0.717, 1.165) is 19.4 Å². The molecule has 0 radical (unpaired) electrons. The van der Waals surface area contributed by atoms with Crippen molar-refractivity contribution in [1.29, 1.82) is 0 Å². The zero-order valence-corrected chi connectivity index (χ0v) is 12.2. The van der Waals surface area contributed by atoms with Gasteiger partial charge in [-0.3, -0.25) is 10.1 Å². The number of nitrogens with one attached hydrogen (secondary N) is 1. The van der Waals surface area contributed by atoms with Crippen LogP contribution in [-0.2, 0) is 4.79 Å². The average Bonchev–Trinajstić information content (AvgIpc) is 2.91. The molecule has 18 heavy (non-hydrogen) atoms. The Morgan fingerprint density at radius 1 is 1.50 bits per heavy atom. The lowest BCUT2D eigenvalue weighted by molar-refractivity contribution is -0.130. The third-order valence-electron chi connectivity index (χ3n) is 3.24. The highest BCUT2D eigenvalue weighted by Gasteiger charge is 2.39. The molecule has 0 aliphatic carbocycles. The van der Waals surface area contributed by atoms with Crippen LogP contribution in [0, 0.1) is 5.92 Å². The molecule has 100 valence electrons. The normalized spacial score (nSPS) is 24.2. The molecule has 0 bridgehead atoms. The van der Waals surface area contributed by atoms with Crippen LogP contribution in [0.5, 0.6) is 0 Å². The van der Waals surface area contributed by atoms with Gasteiger partial charge in [-0.15, -0.1) is 11.3 Å². The fourth-order valence-corrected chi connectivity index (χ4v) is 3.28. The molecule has 1 N–H and O–H groups in total. The molecule has 2 rings (SSSR count). The summed E-state index contributed by atoms with van der Waals surface area (Å²) in [6.07, 6.45) is 2.01. The van der Waals surface area contributed by atoms with Crippen molar-refractivity contribution in [2.45, 2.75) is 45.8 Å². The van der Waals surface area contributed by atoms with E-state index in [2.05, 4.69) is 37.5 Å². The van der Waals surface area contributed by atoms with Gasteiger partial charge >= 0.3 is 0 Å². The molecular formula is C14H22N2OS. The van der Waals surface area contributed by atoms with Crippen LogP contribution in [0.25, 0.3) is 0 Å². The molecule has 1 fully saturated rings. The number of nitrogens with zero attached hydrogens (tertiary/aromatic N) is 1. The fourth-order valence-electron chi connectivity index (χ4n) is 2.48. The van der Waals surface area contributed by atoms with Crippen molar-refractivity contribution >= 4 is 17.2 Å². The molecule has 2 heterocycles. The van der Waals surface area contributed by atoms with Crippen molar-refractivity contribution in [2.75, 3.05) is 6.54 Å². The fraction of sp³-hybridized carbons (Fsp3) is 0.643. The standard InChI is InChI=1S/C14H22N2OS/c1-4-7-16-13(12-6-5-8-18-12)15-11(14(16)17)9-10(2)3/h5-6,8,10-11,13,15H,4,7,9H2,1-3H3. The summed E-state index contributed by atoms with van der Waals surface area (Å²) in [5.74, 6) is 0.806. The summed E-state index contributed by atoms with van der Waals surface area (Å²) in [5.41, 5.74) is 0. The second kappa shape index (κ2) is 5.85. The summed E-state index contributed by atoms with van der Waals surface area (Å²) in [4.78, 5) is 15.6. The van der Waals surface area contributed by atoms with E-state index in [1.54, 1.807) is 11.3 Å². The van der Waals surface area contributed by atoms with Crippen LogP contribution in [0.2, 0.25) is 0 Å². The van der Waals surface area contributed by atoms with E-state index in [0.29, 0.717) is 5.92 Å². The highest BCUT2D eigenvalue weighted by molar-refractivity contribution is 7.10. The number of carbonyl (C=O) groups is 1. The molecule has 0 spiro atoms. The zero-order chi connectivity index (χ0) is 13.1. The van der Waals surface area contributed by atoms with Gasteiger partial charge in [-0.2, -0.15) is 0 Å². The van der Waals surface area contributed by atoms with Crippen LogP contribution >= 0.6 is 11.3 Å². The van der Waals surface area contributed by atoms with Crippen LogP contribution in [0.4, 0.5) is 0 Å². The topological polar surface area (TPSA) is 32.3 Å². The van der Waals surface area contributed by atoms with Crippen molar-refractivity contribution in [3.63, 3.8) is 0 Å². The number of hydrogen-bond acceptors (Lipinski definition) is 3. The zero-order valence-electron chi connectivity index (χ0n) is 11.3. The minimum absolute atomic E-state index is 0.0105. The maximum atomic E-state index is 12.4. The number of rotatable bonds is 5. The van der Waals surface area contributed by atoms with Crippen LogP contribution in [0.15, 0.2) is 17.5 Å². The van der Waals surface area contributed by atoms with Gasteiger partial charge in [0.15, 0.2) is 0 Å². The van der Waals surface area contributed by atoms with Crippen LogP contribution in [-0.4, -0.2) is 23.4 Å². The molecular weight excluding hydrogens is 244 g/mol. The van der Waals surface area contributed by atoms with Gasteiger partial charge in [0.05, 0.1) is 6.04 Å². The molecule has 1 aromatic rings. The first-order valence-corrected chi connectivity index (χ1v) is 7.61. The Labute approximate surface area is 113 Å². The second-order valence-corrected chi connectivity index (χ2v) is 6.28. The molecule has 1 aliphatic heterocycles. The molecule has 3 nitrogen and oxygen atoms in total. The Morgan fingerprint density at radius 3 is 2.83 bits per heavy atom. The third-order valence-corrected chi connectivity index (χ3v) is 4.16. The van der Waals surface area contributed by atoms with E-state index in [1.807, 2.05) is 11.0 Å². The molecule has 1 aliphatic rings. The lowest BCUT2D eigenvalue weighted by atomic mass is 10.0. The van der Waals surface area contributed by atoms with Crippen molar-refractivity contribution in [3.05, 3.63) is 22.4 Å². The molecule has 2 atom stereocenters. The molecule has 1 saturated heterocycles. The van der Waals surface area contributed by atoms with E-state index < -0.39 is 0 Å². The van der Waals surface area contributed by atoms with Gasteiger partial charge < -0.3 is 4.90 Å². The molecule has 0 saturated carbocycles. The minimum atomic E-state index is -0.0105. The van der Waals surface area contributed by atoms with Crippen LogP contribution in [0.3, 0.4) is 0 Å². The van der Waals surface area contributed by atoms with Gasteiger partial charge in [-0.05, 0) is 30.2 Å². The first-order chi connectivity index (χ1) is 8.63. The number of carbonyl (C=O) groups excluding carboxylic acids is 1. The molecule has 0 aromatic carbocycles. The smallest absolute Gasteiger partial charge is 0.241 e. The van der Waals surface area contributed by atoms with Gasteiger partial charge in [0.1, 0.15) is 6.17 Å². The molecule has 4 heteroatoms. The SMILES string of the molecule is CCCN1C(=O)C(CC(C)C)NC1c1cccs1. The van der Waals surface area contributed by atoms with E-state index in [9.17, 15) is 4.79 Å². The van der Waals surface area contributed by atoms with Gasteiger partial charge in [0, 0.05) is 11.4 Å². The second-order valence-electron chi connectivity index (χ2n) is 5.30. The van der Waals surface area contributed by atoms with Gasteiger partial charge in [0.2, 0.25) is 5.91 Å². The first-order valence-electron chi connectivity index (χ1n) is 6.73. The number of amides is 1. The maximum absolute atomic E-state index is 12.4. The van der Waals surface area contributed by atoms with Crippen LogP contribution < -0.4 is 5.32 Å². The van der Waals surface area contributed by atoms with E-state index in [4.69, 9.17) is 0 Å². The highest BCUT2D eigenvalue weighted by Crippen LogP contribution is 2.30. The predicted molar refractivity (Wildman–Crippen MR) is 75.4 cm³/mol. The lowest BCUT2D eigenvalue weighted by Crippen LogP contribution is -2.32. The Hall–Kier alpha value is -0.870. The van der Waals surface area contributed by atoms with Gasteiger partial charge in [-0.25, -0.2) is 0 Å². The van der Waals surface area contributed by atoms with E-state index >= 15 is 0 Å². The summed E-state index contributed by atoms with van der Waals surface area (Å²) in [6.45, 7) is 7.28. The van der Waals surface area contributed by atoms with Crippen molar-refractivity contribution in [3.8, 4) is 0 Å². The number of thiophene rings is 1. The quantitative estimate of drug-likeness (QED) is 0.888. The summed E-state index contributed by atoms with van der Waals surface area (Å²) in [7, 11) is 0. The van der Waals surface area contributed by atoms with Crippen molar-refractivity contribution < 1.29 is 4.79 Å². The van der Waals surface area contributed by atoms with Gasteiger partial charge in [-0.1, -0.05) is 26.8 Å². The Kier molecular flexibility index (Phi) is 4.40. The largest absolute Gasteiger partial charge is 0.321 e. The molecule has 1 aromatic heterocycles. The third kappa shape index (κ3) is 2.75. The van der Waals surface area contributed by atoms with E-state index in [-0.39, 0.29) is 18.1 Å². The highest BCUT2D eigenvalue weighted by atomic mass is 32.1. The van der Waals surface area contributed by atoms with E-state index in [1.165, 1.54) is 4.88 Å². The van der Waals surface area contributed by atoms with Crippen molar-refractivity contribution in [2.24, 2.45) is 5.92 Å². The monoisotopic (exact) mass is 266 g/mol. The Balaban J connectivity index is 2.15. The van der Waals surface area contributed by atoms with Crippen molar-refractivity contribution in [1.82, 2.24) is 10.2 Å².